The fourth-order valence-corrected chi connectivity index (χ4v) is 2.95. The highest BCUT2D eigenvalue weighted by atomic mass is 16.5. The summed E-state index contributed by atoms with van der Waals surface area (Å²) < 4.78 is 5.42. The van der Waals surface area contributed by atoms with Crippen molar-refractivity contribution < 1.29 is 9.53 Å². The van der Waals surface area contributed by atoms with Crippen molar-refractivity contribution >= 4 is 12.0 Å². The Morgan fingerprint density at radius 3 is 2.33 bits per heavy atom. The standard InChI is InChI=1S/C22H20O2/c1-16(2)21-19(13-17-9-5-3-6-10-17)15-24-22(23)20(21)14-18-11-7-4-8-12-18/h3-13H,1,14-15H2,2H3/b19-13+. The summed E-state index contributed by atoms with van der Waals surface area (Å²) in [5.74, 6) is -0.248. The van der Waals surface area contributed by atoms with Gasteiger partial charge in [0.15, 0.2) is 0 Å². The SMILES string of the molecule is C=C(C)C1=C(Cc2ccccc2)C(=O)OC/C1=C\c1ccccc1. The largest absolute Gasteiger partial charge is 0.457 e. The van der Waals surface area contributed by atoms with Crippen LogP contribution in [0.5, 0.6) is 0 Å². The van der Waals surface area contributed by atoms with E-state index in [-0.39, 0.29) is 12.6 Å². The number of esters is 1. The van der Waals surface area contributed by atoms with Crippen LogP contribution in [-0.4, -0.2) is 12.6 Å². The van der Waals surface area contributed by atoms with Crippen molar-refractivity contribution in [1.29, 1.82) is 0 Å². The Bertz CT molecular complexity index is 812. The molecule has 0 aromatic heterocycles. The first-order valence-corrected chi connectivity index (χ1v) is 8.01. The van der Waals surface area contributed by atoms with Crippen LogP contribution in [0.15, 0.2) is 89.5 Å². The van der Waals surface area contributed by atoms with Gasteiger partial charge in [-0.2, -0.15) is 0 Å². The minimum atomic E-state index is -0.248. The summed E-state index contributed by atoms with van der Waals surface area (Å²) in [6.45, 7) is 6.32. The van der Waals surface area contributed by atoms with Crippen LogP contribution in [0, 0.1) is 0 Å². The van der Waals surface area contributed by atoms with Crippen molar-refractivity contribution in [3.05, 3.63) is 101 Å². The van der Waals surface area contributed by atoms with E-state index in [1.54, 1.807) is 0 Å². The van der Waals surface area contributed by atoms with Crippen molar-refractivity contribution in [1.82, 2.24) is 0 Å². The number of carbonyl (C=O) groups excluding carboxylic acids is 1. The van der Waals surface area contributed by atoms with Crippen LogP contribution in [0.2, 0.25) is 0 Å². The molecule has 0 unspecified atom stereocenters. The molecule has 0 spiro atoms. The monoisotopic (exact) mass is 316 g/mol. The van der Waals surface area contributed by atoms with Crippen molar-refractivity contribution in [2.45, 2.75) is 13.3 Å². The average Bonchev–Trinajstić information content (AvgIpc) is 2.59. The Morgan fingerprint density at radius 2 is 1.71 bits per heavy atom. The highest BCUT2D eigenvalue weighted by Gasteiger charge is 2.26. The summed E-state index contributed by atoms with van der Waals surface area (Å²) in [5.41, 5.74) is 5.67. The van der Waals surface area contributed by atoms with Gasteiger partial charge in [-0.05, 0) is 35.3 Å². The van der Waals surface area contributed by atoms with E-state index in [0.29, 0.717) is 12.0 Å². The van der Waals surface area contributed by atoms with E-state index < -0.39 is 0 Å². The second-order valence-electron chi connectivity index (χ2n) is 5.95. The van der Waals surface area contributed by atoms with Crippen molar-refractivity contribution in [3.63, 3.8) is 0 Å². The second-order valence-corrected chi connectivity index (χ2v) is 5.95. The minimum Gasteiger partial charge on any atom is -0.457 e. The number of carbonyl (C=O) groups is 1. The number of benzene rings is 2. The van der Waals surface area contributed by atoms with Gasteiger partial charge in [-0.1, -0.05) is 72.8 Å². The van der Waals surface area contributed by atoms with Crippen LogP contribution in [-0.2, 0) is 16.0 Å². The van der Waals surface area contributed by atoms with Gasteiger partial charge < -0.3 is 4.74 Å². The molecule has 1 aliphatic rings. The lowest BCUT2D eigenvalue weighted by Crippen LogP contribution is -2.22. The van der Waals surface area contributed by atoms with E-state index in [4.69, 9.17) is 4.74 Å². The van der Waals surface area contributed by atoms with Gasteiger partial charge in [0.05, 0.1) is 0 Å². The number of rotatable bonds is 4. The first-order valence-electron chi connectivity index (χ1n) is 8.01. The zero-order valence-corrected chi connectivity index (χ0v) is 13.8. The van der Waals surface area contributed by atoms with E-state index in [2.05, 4.69) is 12.7 Å². The molecule has 0 saturated carbocycles. The molecule has 0 N–H and O–H groups in total. The number of allylic oxidation sites excluding steroid dienone is 1. The minimum absolute atomic E-state index is 0.248. The Balaban J connectivity index is 2.06. The molecule has 2 aromatic carbocycles. The van der Waals surface area contributed by atoms with Crippen molar-refractivity contribution in [3.8, 4) is 0 Å². The van der Waals surface area contributed by atoms with Crippen LogP contribution in [0.25, 0.3) is 6.08 Å². The first-order chi connectivity index (χ1) is 11.6. The fraction of sp³-hybridized carbons (Fsp3) is 0.136. The number of hydrogen-bond donors (Lipinski definition) is 0. The Labute approximate surface area is 142 Å². The van der Waals surface area contributed by atoms with Crippen LogP contribution in [0.3, 0.4) is 0 Å². The van der Waals surface area contributed by atoms with E-state index in [1.807, 2.05) is 67.6 Å². The smallest absolute Gasteiger partial charge is 0.335 e. The van der Waals surface area contributed by atoms with Crippen LogP contribution >= 0.6 is 0 Å². The lowest BCUT2D eigenvalue weighted by molar-refractivity contribution is -0.138. The topological polar surface area (TPSA) is 26.3 Å². The molecule has 0 amide bonds. The number of hydrogen-bond acceptors (Lipinski definition) is 2. The van der Waals surface area contributed by atoms with Crippen molar-refractivity contribution in [2.75, 3.05) is 6.61 Å². The van der Waals surface area contributed by atoms with E-state index in [1.165, 1.54) is 0 Å². The van der Waals surface area contributed by atoms with E-state index >= 15 is 0 Å². The molecule has 0 bridgehead atoms. The average molecular weight is 316 g/mol. The van der Waals surface area contributed by atoms with Gasteiger partial charge in [0.1, 0.15) is 6.61 Å². The zero-order valence-electron chi connectivity index (χ0n) is 13.8. The predicted molar refractivity (Wildman–Crippen MR) is 97.4 cm³/mol. The molecule has 0 aliphatic carbocycles. The summed E-state index contributed by atoms with van der Waals surface area (Å²) in [4.78, 5) is 12.4. The van der Waals surface area contributed by atoms with Gasteiger partial charge in [0.2, 0.25) is 0 Å². The molecule has 1 heterocycles. The molecule has 0 saturated heterocycles. The second kappa shape index (κ2) is 7.14. The summed E-state index contributed by atoms with van der Waals surface area (Å²) in [7, 11) is 0. The highest BCUT2D eigenvalue weighted by molar-refractivity contribution is 5.94. The number of ether oxygens (including phenoxy) is 1. The third-order valence-corrected chi connectivity index (χ3v) is 4.02. The van der Waals surface area contributed by atoms with Crippen LogP contribution in [0.1, 0.15) is 18.1 Å². The fourth-order valence-electron chi connectivity index (χ4n) is 2.95. The molecule has 0 atom stereocenters. The third-order valence-electron chi connectivity index (χ3n) is 4.02. The summed E-state index contributed by atoms with van der Waals surface area (Å²) >= 11 is 0. The number of cyclic esters (lactones) is 1. The lowest BCUT2D eigenvalue weighted by atomic mass is 9.88. The Kier molecular flexibility index (Phi) is 4.76. The van der Waals surface area contributed by atoms with Gasteiger partial charge in [-0.3, -0.25) is 0 Å². The molecule has 2 aromatic rings. The van der Waals surface area contributed by atoms with Gasteiger partial charge >= 0.3 is 5.97 Å². The van der Waals surface area contributed by atoms with Crippen molar-refractivity contribution in [2.24, 2.45) is 0 Å². The van der Waals surface area contributed by atoms with Gasteiger partial charge in [0.25, 0.3) is 0 Å². The van der Waals surface area contributed by atoms with E-state index in [0.717, 1.165) is 27.8 Å². The molecule has 0 radical (unpaired) electrons. The van der Waals surface area contributed by atoms with Gasteiger partial charge in [0, 0.05) is 12.0 Å². The Hall–Kier alpha value is -2.87. The quantitative estimate of drug-likeness (QED) is 0.761. The van der Waals surface area contributed by atoms with Crippen LogP contribution in [0.4, 0.5) is 0 Å². The molecule has 24 heavy (non-hydrogen) atoms. The molecule has 2 heteroatoms. The summed E-state index contributed by atoms with van der Waals surface area (Å²) in [5, 5.41) is 0. The van der Waals surface area contributed by atoms with Crippen LogP contribution < -0.4 is 0 Å². The summed E-state index contributed by atoms with van der Waals surface area (Å²) in [6, 6.07) is 20.0. The molecule has 120 valence electrons. The molecular formula is C22H20O2. The molecule has 3 rings (SSSR count). The third kappa shape index (κ3) is 3.54. The maximum Gasteiger partial charge on any atom is 0.335 e. The van der Waals surface area contributed by atoms with Gasteiger partial charge in [-0.25, -0.2) is 4.79 Å². The normalized spacial score (nSPS) is 16.2. The molecular weight excluding hydrogens is 296 g/mol. The lowest BCUT2D eigenvalue weighted by Gasteiger charge is -2.23. The predicted octanol–water partition coefficient (Wildman–Crippen LogP) is 4.74. The Morgan fingerprint density at radius 1 is 1.08 bits per heavy atom. The molecule has 2 nitrogen and oxygen atoms in total. The first kappa shape index (κ1) is 16.0. The maximum absolute atomic E-state index is 12.4. The van der Waals surface area contributed by atoms with Gasteiger partial charge in [-0.15, -0.1) is 0 Å². The summed E-state index contributed by atoms with van der Waals surface area (Å²) in [6.07, 6.45) is 2.62. The zero-order chi connectivity index (χ0) is 16.9. The molecule has 1 aliphatic heterocycles. The highest BCUT2D eigenvalue weighted by Crippen LogP contribution is 2.31. The molecule has 0 fully saturated rings. The maximum atomic E-state index is 12.4. The van der Waals surface area contributed by atoms with E-state index in [9.17, 15) is 4.79 Å².